The van der Waals surface area contributed by atoms with Crippen molar-refractivity contribution < 1.29 is 9.53 Å². The van der Waals surface area contributed by atoms with Crippen LogP contribution in [-0.2, 0) is 16.0 Å². The van der Waals surface area contributed by atoms with Gasteiger partial charge in [-0.3, -0.25) is 9.69 Å². The summed E-state index contributed by atoms with van der Waals surface area (Å²) in [4.78, 5) is 17.1. The number of carbonyl (C=O) groups excluding carboxylic acids is 1. The number of piperazine rings is 1. The molecule has 0 spiro atoms. The van der Waals surface area contributed by atoms with Crippen molar-refractivity contribution in [2.45, 2.75) is 33.1 Å². The van der Waals surface area contributed by atoms with Crippen molar-refractivity contribution in [3.8, 4) is 0 Å². The van der Waals surface area contributed by atoms with Gasteiger partial charge in [0.05, 0.1) is 5.92 Å². The summed E-state index contributed by atoms with van der Waals surface area (Å²) in [6.45, 7) is 11.4. The van der Waals surface area contributed by atoms with Gasteiger partial charge in [-0.15, -0.1) is 12.4 Å². The number of rotatable bonds is 8. The molecule has 2 aromatic rings. The van der Waals surface area contributed by atoms with Crippen molar-refractivity contribution in [1.29, 1.82) is 0 Å². The summed E-state index contributed by atoms with van der Waals surface area (Å²) >= 11 is 6.10. The summed E-state index contributed by atoms with van der Waals surface area (Å²) in [6, 6.07) is 16.4. The first-order valence-electron chi connectivity index (χ1n) is 10.9. The van der Waals surface area contributed by atoms with Gasteiger partial charge in [0.1, 0.15) is 6.61 Å². The van der Waals surface area contributed by atoms with Crippen molar-refractivity contribution in [3.05, 3.63) is 64.7 Å². The molecule has 1 heterocycles. The Morgan fingerprint density at radius 1 is 1.03 bits per heavy atom. The maximum Gasteiger partial charge on any atom is 0.313 e. The van der Waals surface area contributed by atoms with E-state index in [4.69, 9.17) is 16.3 Å². The van der Waals surface area contributed by atoms with E-state index < -0.39 is 0 Å². The molecule has 170 valence electrons. The maximum absolute atomic E-state index is 12.5. The van der Waals surface area contributed by atoms with Crippen LogP contribution in [0.2, 0.25) is 5.02 Å². The SMILES string of the molecule is CC(C)Cc1ccc([C@@H](C)C(=O)OCCN2CCN(c3cccc(Cl)c3)CC2)cc1.Cl. The maximum atomic E-state index is 12.5. The standard InChI is InChI=1S/C25H33ClN2O2.ClH/c1-19(2)17-21-7-9-22(10-8-21)20(3)25(29)30-16-15-27-11-13-28(14-12-27)24-6-4-5-23(26)18-24;/h4-10,18-20H,11-17H2,1-3H3;1H/t20-;/m1./s1. The van der Waals surface area contributed by atoms with Crippen molar-refractivity contribution in [1.82, 2.24) is 4.90 Å². The minimum Gasteiger partial charge on any atom is -0.464 e. The molecular formula is C25H34Cl2N2O2. The largest absolute Gasteiger partial charge is 0.464 e. The number of esters is 1. The molecule has 4 nitrogen and oxygen atoms in total. The highest BCUT2D eigenvalue weighted by molar-refractivity contribution is 6.30. The van der Waals surface area contributed by atoms with Crippen LogP contribution in [0.25, 0.3) is 0 Å². The van der Waals surface area contributed by atoms with Gasteiger partial charge in [-0.05, 0) is 48.6 Å². The topological polar surface area (TPSA) is 32.8 Å². The number of ether oxygens (including phenoxy) is 1. The van der Waals surface area contributed by atoms with Crippen molar-refractivity contribution in [2.24, 2.45) is 5.92 Å². The monoisotopic (exact) mass is 464 g/mol. The molecule has 0 saturated carbocycles. The fourth-order valence-electron chi connectivity index (χ4n) is 3.85. The Morgan fingerprint density at radius 3 is 2.32 bits per heavy atom. The molecule has 1 aliphatic rings. The van der Waals surface area contributed by atoms with Gasteiger partial charge < -0.3 is 9.64 Å². The Bertz CT molecular complexity index is 819. The van der Waals surface area contributed by atoms with E-state index in [-0.39, 0.29) is 24.3 Å². The molecule has 0 N–H and O–H groups in total. The molecule has 0 amide bonds. The van der Waals surface area contributed by atoms with Crippen molar-refractivity contribution in [2.75, 3.05) is 44.2 Å². The van der Waals surface area contributed by atoms with E-state index >= 15 is 0 Å². The van der Waals surface area contributed by atoms with E-state index in [1.54, 1.807) is 0 Å². The predicted molar refractivity (Wildman–Crippen MR) is 132 cm³/mol. The number of hydrogen-bond acceptors (Lipinski definition) is 4. The Labute approximate surface area is 197 Å². The van der Waals surface area contributed by atoms with E-state index in [0.717, 1.165) is 49.7 Å². The molecule has 0 aliphatic carbocycles. The molecule has 0 unspecified atom stereocenters. The summed E-state index contributed by atoms with van der Waals surface area (Å²) in [5, 5.41) is 0.769. The number of hydrogen-bond donors (Lipinski definition) is 0. The fraction of sp³-hybridized carbons (Fsp3) is 0.480. The van der Waals surface area contributed by atoms with Crippen molar-refractivity contribution in [3.63, 3.8) is 0 Å². The van der Waals surface area contributed by atoms with Crippen LogP contribution < -0.4 is 4.90 Å². The number of benzene rings is 2. The highest BCUT2D eigenvalue weighted by Crippen LogP contribution is 2.21. The normalized spacial score (nSPS) is 15.5. The van der Waals surface area contributed by atoms with Gasteiger partial charge in [-0.2, -0.15) is 0 Å². The van der Waals surface area contributed by atoms with Gasteiger partial charge in [-0.25, -0.2) is 0 Å². The molecule has 6 heteroatoms. The van der Waals surface area contributed by atoms with E-state index in [2.05, 4.69) is 54.0 Å². The number of halogens is 2. The minimum absolute atomic E-state index is 0. The third-order valence-electron chi connectivity index (χ3n) is 5.67. The first-order valence-corrected chi connectivity index (χ1v) is 11.3. The first kappa shape index (κ1) is 25.5. The zero-order valence-corrected chi connectivity index (χ0v) is 20.3. The second kappa shape index (κ2) is 12.3. The second-order valence-corrected chi connectivity index (χ2v) is 8.97. The van der Waals surface area contributed by atoms with E-state index in [1.165, 1.54) is 11.3 Å². The van der Waals surface area contributed by atoms with Gasteiger partial charge in [0.2, 0.25) is 0 Å². The Balaban J connectivity index is 0.00000341. The van der Waals surface area contributed by atoms with Crippen molar-refractivity contribution >= 4 is 35.7 Å². The van der Waals surface area contributed by atoms with E-state index in [0.29, 0.717) is 12.5 Å². The molecule has 0 radical (unpaired) electrons. The van der Waals surface area contributed by atoms with Gasteiger partial charge in [0.25, 0.3) is 0 Å². The lowest BCUT2D eigenvalue weighted by Gasteiger charge is -2.36. The van der Waals surface area contributed by atoms with Crippen LogP contribution in [0.4, 0.5) is 5.69 Å². The first-order chi connectivity index (χ1) is 14.4. The van der Waals surface area contributed by atoms with Crippen LogP contribution in [0, 0.1) is 5.92 Å². The van der Waals surface area contributed by atoms with Crippen LogP contribution in [0.1, 0.15) is 37.8 Å². The molecule has 3 rings (SSSR count). The average molecular weight is 465 g/mol. The van der Waals surface area contributed by atoms with Gasteiger partial charge >= 0.3 is 5.97 Å². The van der Waals surface area contributed by atoms with Crippen LogP contribution in [0.3, 0.4) is 0 Å². The highest BCUT2D eigenvalue weighted by atomic mass is 35.5. The summed E-state index contributed by atoms with van der Waals surface area (Å²) in [5.41, 5.74) is 3.50. The number of nitrogens with zero attached hydrogens (tertiary/aromatic N) is 2. The Morgan fingerprint density at radius 2 is 1.71 bits per heavy atom. The van der Waals surface area contributed by atoms with Crippen LogP contribution in [0.5, 0.6) is 0 Å². The van der Waals surface area contributed by atoms with Crippen LogP contribution in [-0.4, -0.2) is 50.2 Å². The lowest BCUT2D eigenvalue weighted by molar-refractivity contribution is -0.145. The number of anilines is 1. The fourth-order valence-corrected chi connectivity index (χ4v) is 4.04. The summed E-state index contributed by atoms with van der Waals surface area (Å²) in [6.07, 6.45) is 1.06. The zero-order valence-electron chi connectivity index (χ0n) is 18.7. The highest BCUT2D eigenvalue weighted by Gasteiger charge is 2.20. The minimum atomic E-state index is -0.238. The molecule has 1 saturated heterocycles. The van der Waals surface area contributed by atoms with E-state index in [1.807, 2.05) is 25.1 Å². The molecule has 0 aromatic heterocycles. The third kappa shape index (κ3) is 7.71. The lowest BCUT2D eigenvalue weighted by Crippen LogP contribution is -2.47. The molecular weight excluding hydrogens is 431 g/mol. The summed E-state index contributed by atoms with van der Waals surface area (Å²) in [5.74, 6) is 0.243. The molecule has 1 atom stereocenters. The zero-order chi connectivity index (χ0) is 21.5. The molecule has 0 bridgehead atoms. The van der Waals surface area contributed by atoms with E-state index in [9.17, 15) is 4.79 Å². The van der Waals surface area contributed by atoms with Crippen LogP contribution >= 0.6 is 24.0 Å². The smallest absolute Gasteiger partial charge is 0.313 e. The van der Waals surface area contributed by atoms with Gasteiger partial charge in [0.15, 0.2) is 0 Å². The Kier molecular flexibility index (Phi) is 10.1. The second-order valence-electron chi connectivity index (χ2n) is 8.54. The molecule has 31 heavy (non-hydrogen) atoms. The van der Waals surface area contributed by atoms with Crippen LogP contribution in [0.15, 0.2) is 48.5 Å². The van der Waals surface area contributed by atoms with Gasteiger partial charge in [0, 0.05) is 43.4 Å². The quantitative estimate of drug-likeness (QED) is 0.487. The lowest BCUT2D eigenvalue weighted by atomic mass is 9.97. The number of carbonyl (C=O) groups is 1. The predicted octanol–water partition coefficient (Wildman–Crippen LogP) is 5.43. The molecule has 2 aromatic carbocycles. The summed E-state index contributed by atoms with van der Waals surface area (Å²) in [7, 11) is 0. The molecule has 1 aliphatic heterocycles. The summed E-state index contributed by atoms with van der Waals surface area (Å²) < 4.78 is 5.57. The Hall–Kier alpha value is -1.75. The third-order valence-corrected chi connectivity index (χ3v) is 5.91. The average Bonchev–Trinajstić information content (AvgIpc) is 2.74. The van der Waals surface area contributed by atoms with Gasteiger partial charge in [-0.1, -0.05) is 55.8 Å². The molecule has 1 fully saturated rings.